The van der Waals surface area contributed by atoms with Gasteiger partial charge >= 0.3 is 5.97 Å². The van der Waals surface area contributed by atoms with Crippen LogP contribution in [0.2, 0.25) is 0 Å². The van der Waals surface area contributed by atoms with Crippen LogP contribution < -0.4 is 15.8 Å². The van der Waals surface area contributed by atoms with Crippen molar-refractivity contribution in [2.45, 2.75) is 33.2 Å². The summed E-state index contributed by atoms with van der Waals surface area (Å²) in [5, 5.41) is 3.80. The highest BCUT2D eigenvalue weighted by atomic mass is 19.1. The van der Waals surface area contributed by atoms with Crippen molar-refractivity contribution in [3.05, 3.63) is 57.4 Å². The molecule has 34 heavy (non-hydrogen) atoms. The zero-order valence-corrected chi connectivity index (χ0v) is 19.8. The Balaban J connectivity index is 1.56. The molecule has 3 aromatic rings. The number of piperidine rings is 1. The summed E-state index contributed by atoms with van der Waals surface area (Å²) in [6.07, 6.45) is 1.26. The Morgan fingerprint density at radius 2 is 2.00 bits per heavy atom. The monoisotopic (exact) mass is 465 g/mol. The van der Waals surface area contributed by atoms with Crippen LogP contribution in [0.1, 0.15) is 47.9 Å². The summed E-state index contributed by atoms with van der Waals surface area (Å²) in [4.78, 5) is 36.6. The molecule has 1 aromatic carbocycles. The van der Waals surface area contributed by atoms with Crippen molar-refractivity contribution >= 4 is 28.5 Å². The number of ether oxygens (including phenoxy) is 1. The van der Waals surface area contributed by atoms with Gasteiger partial charge in [-0.2, -0.15) is 4.39 Å². The average Bonchev–Trinajstić information content (AvgIpc) is 3.42. The minimum Gasteiger partial charge on any atom is -0.461 e. The van der Waals surface area contributed by atoms with Crippen LogP contribution in [-0.2, 0) is 11.8 Å². The van der Waals surface area contributed by atoms with E-state index in [-0.39, 0.29) is 23.9 Å². The number of hydrogen-bond donors (Lipinski definition) is 1. The van der Waals surface area contributed by atoms with Crippen molar-refractivity contribution in [3.63, 3.8) is 0 Å². The number of pyridine rings is 1. The number of aromatic nitrogens is 3. The molecular formula is C25H28FN5O3. The van der Waals surface area contributed by atoms with E-state index in [9.17, 15) is 14.0 Å². The Labute approximate surface area is 196 Å². The van der Waals surface area contributed by atoms with E-state index in [1.54, 1.807) is 18.5 Å². The molecule has 5 rings (SSSR count). The molecule has 1 saturated carbocycles. The molecule has 1 saturated heterocycles. The molecule has 0 bridgehead atoms. The Kier molecular flexibility index (Phi) is 5.50. The number of nitrogens with one attached hydrogen (secondary N) is 1. The molecule has 1 N–H and O–H groups in total. The third-order valence-electron chi connectivity index (χ3n) is 6.76. The smallest absolute Gasteiger partial charge is 0.359 e. The first-order valence-corrected chi connectivity index (χ1v) is 11.6. The summed E-state index contributed by atoms with van der Waals surface area (Å²) in [7, 11) is 1.77. The predicted octanol–water partition coefficient (Wildman–Crippen LogP) is 3.58. The first kappa shape index (κ1) is 22.3. The maximum Gasteiger partial charge on any atom is 0.359 e. The summed E-state index contributed by atoms with van der Waals surface area (Å²) < 4.78 is 20.5. The van der Waals surface area contributed by atoms with E-state index < -0.39 is 11.9 Å². The van der Waals surface area contributed by atoms with Crippen LogP contribution in [0.15, 0.2) is 29.1 Å². The average molecular weight is 466 g/mol. The number of aryl methyl sites for hydroxylation is 1. The lowest BCUT2D eigenvalue weighted by Crippen LogP contribution is -2.31. The molecule has 0 amide bonds. The maximum atomic E-state index is 13.8. The molecule has 9 heteroatoms. The molecule has 8 nitrogen and oxygen atoms in total. The molecule has 3 heterocycles. The van der Waals surface area contributed by atoms with Gasteiger partial charge in [-0.15, -0.1) is 0 Å². The molecule has 3 atom stereocenters. The first-order chi connectivity index (χ1) is 16.3. The number of halogens is 1. The number of carbonyl (C=O) groups excluding carboxylic acids is 1. The van der Waals surface area contributed by atoms with Crippen LogP contribution in [0.5, 0.6) is 0 Å². The highest BCUT2D eigenvalue weighted by molar-refractivity contribution is 5.93. The van der Waals surface area contributed by atoms with Gasteiger partial charge in [0, 0.05) is 25.7 Å². The number of benzene rings is 1. The van der Waals surface area contributed by atoms with Crippen LogP contribution in [0, 0.1) is 24.7 Å². The van der Waals surface area contributed by atoms with Gasteiger partial charge in [0.25, 0.3) is 5.56 Å². The third kappa shape index (κ3) is 3.89. The number of nitrogens with zero attached hydrogens (tertiary/aromatic N) is 4. The van der Waals surface area contributed by atoms with Crippen molar-refractivity contribution < 1.29 is 13.9 Å². The molecule has 178 valence electrons. The van der Waals surface area contributed by atoms with E-state index >= 15 is 0 Å². The lowest BCUT2D eigenvalue weighted by atomic mass is 10.0. The van der Waals surface area contributed by atoms with Gasteiger partial charge < -0.3 is 15.0 Å². The number of anilines is 2. The van der Waals surface area contributed by atoms with Crippen molar-refractivity contribution in [1.29, 1.82) is 0 Å². The third-order valence-corrected chi connectivity index (χ3v) is 6.76. The van der Waals surface area contributed by atoms with Crippen LogP contribution in [0.4, 0.5) is 16.0 Å². The predicted molar refractivity (Wildman–Crippen MR) is 128 cm³/mol. The fourth-order valence-corrected chi connectivity index (χ4v) is 4.93. The van der Waals surface area contributed by atoms with Crippen molar-refractivity contribution in [2.75, 3.05) is 29.9 Å². The van der Waals surface area contributed by atoms with Crippen LogP contribution in [0.25, 0.3) is 10.9 Å². The highest BCUT2D eigenvalue weighted by Crippen LogP contribution is 2.46. The minimum absolute atomic E-state index is 0.0895. The number of rotatable bonds is 6. The molecule has 3 unspecified atom stereocenters. The fourth-order valence-electron chi connectivity index (χ4n) is 4.93. The Bertz CT molecular complexity index is 1340. The van der Waals surface area contributed by atoms with E-state index in [4.69, 9.17) is 9.72 Å². The summed E-state index contributed by atoms with van der Waals surface area (Å²) in [6.45, 7) is 7.53. The number of esters is 1. The van der Waals surface area contributed by atoms with Gasteiger partial charge in [0.15, 0.2) is 5.69 Å². The molecule has 1 aliphatic heterocycles. The molecule has 2 fully saturated rings. The van der Waals surface area contributed by atoms with Crippen molar-refractivity contribution in [3.8, 4) is 0 Å². The zero-order valence-electron chi connectivity index (χ0n) is 19.8. The lowest BCUT2D eigenvalue weighted by Gasteiger charge is -2.24. The summed E-state index contributed by atoms with van der Waals surface area (Å²) in [5.74, 6) is 0.627. The molecule has 1 aliphatic carbocycles. The SMILES string of the molecule is CCOC(=O)c1nc(F)ccc1NC(C)c1cc(C)cc2c(=O)n(C)c(N3CC4CC4C3)nc12. The highest BCUT2D eigenvalue weighted by Gasteiger charge is 2.46. The van der Waals surface area contributed by atoms with Gasteiger partial charge in [0.1, 0.15) is 0 Å². The molecule has 2 aromatic heterocycles. The van der Waals surface area contributed by atoms with Crippen LogP contribution in [-0.4, -0.2) is 40.2 Å². The number of hydrogen-bond acceptors (Lipinski definition) is 7. The second-order valence-corrected chi connectivity index (χ2v) is 9.30. The Morgan fingerprint density at radius 1 is 1.26 bits per heavy atom. The van der Waals surface area contributed by atoms with Gasteiger partial charge in [0.2, 0.25) is 11.9 Å². The Hall–Kier alpha value is -3.49. The van der Waals surface area contributed by atoms with Gasteiger partial charge in [-0.3, -0.25) is 9.36 Å². The van der Waals surface area contributed by atoms with E-state index in [1.807, 2.05) is 26.0 Å². The van der Waals surface area contributed by atoms with Gasteiger partial charge in [-0.1, -0.05) is 6.07 Å². The topological polar surface area (TPSA) is 89.3 Å². The number of fused-ring (bicyclic) bond motifs is 2. The van der Waals surface area contributed by atoms with E-state index in [0.717, 1.165) is 24.2 Å². The van der Waals surface area contributed by atoms with Crippen LogP contribution >= 0.6 is 0 Å². The normalized spacial score (nSPS) is 19.7. The molecular weight excluding hydrogens is 437 g/mol. The minimum atomic E-state index is -0.763. The van der Waals surface area contributed by atoms with Crippen molar-refractivity contribution in [1.82, 2.24) is 14.5 Å². The second-order valence-electron chi connectivity index (χ2n) is 9.30. The lowest BCUT2D eigenvalue weighted by molar-refractivity contribution is 0.0519. The summed E-state index contributed by atoms with van der Waals surface area (Å²) >= 11 is 0. The van der Waals surface area contributed by atoms with E-state index in [1.165, 1.54) is 18.6 Å². The zero-order chi connectivity index (χ0) is 24.1. The molecule has 0 radical (unpaired) electrons. The second kappa shape index (κ2) is 8.38. The fraction of sp³-hybridized carbons (Fsp3) is 0.440. The molecule has 0 spiro atoms. The summed E-state index contributed by atoms with van der Waals surface area (Å²) in [5.41, 5.74) is 2.51. The van der Waals surface area contributed by atoms with Gasteiger partial charge in [-0.05, 0) is 62.8 Å². The standard InChI is InChI=1S/C25H28FN5O3/c1-5-34-24(33)22-19(6-7-20(26)28-22)27-14(3)17-8-13(2)9-18-21(17)29-25(30(4)23(18)32)31-11-15-10-16(15)12-31/h6-9,14-16,27H,5,10-12H2,1-4H3. The Morgan fingerprint density at radius 3 is 2.71 bits per heavy atom. The molecule has 2 aliphatic rings. The van der Waals surface area contributed by atoms with Gasteiger partial charge in [0.05, 0.1) is 29.2 Å². The summed E-state index contributed by atoms with van der Waals surface area (Å²) in [6, 6.07) is 6.16. The van der Waals surface area contributed by atoms with Crippen LogP contribution in [0.3, 0.4) is 0 Å². The van der Waals surface area contributed by atoms with E-state index in [2.05, 4.69) is 15.2 Å². The first-order valence-electron chi connectivity index (χ1n) is 11.6. The maximum absolute atomic E-state index is 13.8. The quantitative estimate of drug-likeness (QED) is 0.440. The largest absolute Gasteiger partial charge is 0.461 e. The van der Waals surface area contributed by atoms with Gasteiger partial charge in [-0.25, -0.2) is 14.8 Å². The van der Waals surface area contributed by atoms with Crippen molar-refractivity contribution in [2.24, 2.45) is 18.9 Å². The number of carbonyl (C=O) groups is 1. The van der Waals surface area contributed by atoms with E-state index in [0.29, 0.717) is 34.4 Å².